The van der Waals surface area contributed by atoms with Gasteiger partial charge < -0.3 is 10.4 Å². The first-order valence-corrected chi connectivity index (χ1v) is 5.44. The Bertz CT molecular complexity index is 257. The van der Waals surface area contributed by atoms with E-state index >= 15 is 0 Å². The molecule has 13 heavy (non-hydrogen) atoms. The lowest BCUT2D eigenvalue weighted by Crippen LogP contribution is -2.26. The molecular weight excluding hydrogens is 182 g/mol. The van der Waals surface area contributed by atoms with Crippen molar-refractivity contribution in [3.63, 3.8) is 0 Å². The van der Waals surface area contributed by atoms with E-state index in [-0.39, 0.29) is 6.10 Å². The van der Waals surface area contributed by atoms with E-state index in [1.807, 2.05) is 0 Å². The largest absolute Gasteiger partial charge is 0.392 e. The van der Waals surface area contributed by atoms with Crippen molar-refractivity contribution in [1.82, 2.24) is 5.32 Å². The molecule has 2 N–H and O–H groups in total. The standard InChI is InChI=1S/C10H17NOS/c1-7-4-5-13-10(7)9(3)11-6-8(2)12/h4-5,8-9,11-12H,6H2,1-3H3/t8-,9+/m1/s1. The van der Waals surface area contributed by atoms with Crippen LogP contribution < -0.4 is 5.32 Å². The Hall–Kier alpha value is -0.380. The highest BCUT2D eigenvalue weighted by atomic mass is 32.1. The highest BCUT2D eigenvalue weighted by molar-refractivity contribution is 7.10. The number of hydrogen-bond acceptors (Lipinski definition) is 3. The van der Waals surface area contributed by atoms with Gasteiger partial charge in [0.1, 0.15) is 0 Å². The van der Waals surface area contributed by atoms with Crippen molar-refractivity contribution < 1.29 is 5.11 Å². The number of thiophene rings is 1. The second-order valence-electron chi connectivity index (χ2n) is 3.45. The molecule has 2 nitrogen and oxygen atoms in total. The summed E-state index contributed by atoms with van der Waals surface area (Å²) in [5, 5.41) is 14.5. The molecule has 0 aliphatic heterocycles. The zero-order valence-corrected chi connectivity index (χ0v) is 9.19. The highest BCUT2D eigenvalue weighted by Crippen LogP contribution is 2.23. The molecule has 0 saturated carbocycles. The average Bonchev–Trinajstić information content (AvgIpc) is 2.47. The molecule has 0 bridgehead atoms. The van der Waals surface area contributed by atoms with Gasteiger partial charge in [0.25, 0.3) is 0 Å². The second-order valence-corrected chi connectivity index (χ2v) is 4.39. The maximum atomic E-state index is 9.11. The fraction of sp³-hybridized carbons (Fsp3) is 0.600. The fourth-order valence-electron chi connectivity index (χ4n) is 1.27. The van der Waals surface area contributed by atoms with E-state index in [0.717, 1.165) is 0 Å². The molecule has 0 aliphatic carbocycles. The Kier molecular flexibility index (Phi) is 3.90. The zero-order valence-electron chi connectivity index (χ0n) is 8.37. The number of aryl methyl sites for hydroxylation is 1. The Morgan fingerprint density at radius 2 is 2.23 bits per heavy atom. The summed E-state index contributed by atoms with van der Waals surface area (Å²) in [4.78, 5) is 1.36. The monoisotopic (exact) mass is 199 g/mol. The van der Waals surface area contributed by atoms with Crippen molar-refractivity contribution in [2.75, 3.05) is 6.54 Å². The molecule has 74 valence electrons. The van der Waals surface area contributed by atoms with Gasteiger partial charge >= 0.3 is 0 Å². The smallest absolute Gasteiger partial charge is 0.0636 e. The summed E-state index contributed by atoms with van der Waals surface area (Å²) in [5.41, 5.74) is 1.33. The predicted molar refractivity (Wildman–Crippen MR) is 57.2 cm³/mol. The van der Waals surface area contributed by atoms with Gasteiger partial charge in [-0.3, -0.25) is 0 Å². The van der Waals surface area contributed by atoms with Gasteiger partial charge in [0, 0.05) is 17.5 Å². The number of aliphatic hydroxyl groups is 1. The van der Waals surface area contributed by atoms with Crippen LogP contribution in [0.1, 0.15) is 30.3 Å². The van der Waals surface area contributed by atoms with Crippen LogP contribution in [-0.4, -0.2) is 17.8 Å². The molecule has 1 heterocycles. The summed E-state index contributed by atoms with van der Waals surface area (Å²) < 4.78 is 0. The molecule has 0 spiro atoms. The average molecular weight is 199 g/mol. The Labute approximate surface area is 83.6 Å². The van der Waals surface area contributed by atoms with E-state index in [2.05, 4.69) is 30.6 Å². The zero-order chi connectivity index (χ0) is 9.84. The van der Waals surface area contributed by atoms with Crippen LogP contribution in [0.3, 0.4) is 0 Å². The summed E-state index contributed by atoms with van der Waals surface area (Å²) in [7, 11) is 0. The van der Waals surface area contributed by atoms with Gasteiger partial charge in [-0.05, 0) is 37.8 Å². The van der Waals surface area contributed by atoms with Crippen molar-refractivity contribution in [2.45, 2.75) is 32.9 Å². The number of hydrogen-bond donors (Lipinski definition) is 2. The quantitative estimate of drug-likeness (QED) is 0.778. The summed E-state index contributed by atoms with van der Waals surface area (Å²) >= 11 is 1.77. The van der Waals surface area contributed by atoms with Gasteiger partial charge in [-0.25, -0.2) is 0 Å². The Morgan fingerprint density at radius 3 is 2.69 bits per heavy atom. The highest BCUT2D eigenvalue weighted by Gasteiger charge is 2.09. The number of rotatable bonds is 4. The molecule has 0 aromatic carbocycles. The molecule has 0 fully saturated rings. The predicted octanol–water partition coefficient (Wildman–Crippen LogP) is 2.09. The molecule has 1 aromatic heterocycles. The van der Waals surface area contributed by atoms with Crippen molar-refractivity contribution in [3.05, 3.63) is 21.9 Å². The van der Waals surface area contributed by atoms with Gasteiger partial charge in [0.15, 0.2) is 0 Å². The lowest BCUT2D eigenvalue weighted by molar-refractivity contribution is 0.187. The molecule has 0 radical (unpaired) electrons. The summed E-state index contributed by atoms with van der Waals surface area (Å²) in [6.07, 6.45) is -0.275. The maximum absolute atomic E-state index is 9.11. The first kappa shape index (κ1) is 10.7. The van der Waals surface area contributed by atoms with Crippen LogP contribution in [0.5, 0.6) is 0 Å². The molecule has 0 unspecified atom stereocenters. The third-order valence-electron chi connectivity index (χ3n) is 2.01. The van der Waals surface area contributed by atoms with Gasteiger partial charge in [0.2, 0.25) is 0 Å². The van der Waals surface area contributed by atoms with Gasteiger partial charge in [-0.2, -0.15) is 0 Å². The van der Waals surface area contributed by atoms with Crippen molar-refractivity contribution in [3.8, 4) is 0 Å². The lowest BCUT2D eigenvalue weighted by atomic mass is 10.2. The van der Waals surface area contributed by atoms with E-state index in [1.165, 1.54) is 10.4 Å². The number of aliphatic hydroxyl groups excluding tert-OH is 1. The van der Waals surface area contributed by atoms with Crippen LogP contribution in [0.25, 0.3) is 0 Å². The first-order chi connectivity index (χ1) is 6.11. The minimum atomic E-state index is -0.275. The third-order valence-corrected chi connectivity index (χ3v) is 3.22. The van der Waals surface area contributed by atoms with Crippen LogP contribution in [0.15, 0.2) is 11.4 Å². The van der Waals surface area contributed by atoms with E-state index in [4.69, 9.17) is 5.11 Å². The minimum absolute atomic E-state index is 0.275. The van der Waals surface area contributed by atoms with Crippen molar-refractivity contribution in [2.24, 2.45) is 0 Å². The van der Waals surface area contributed by atoms with Crippen LogP contribution >= 0.6 is 11.3 Å². The fourth-order valence-corrected chi connectivity index (χ4v) is 2.23. The van der Waals surface area contributed by atoms with E-state index in [1.54, 1.807) is 18.3 Å². The molecule has 1 aromatic rings. The summed E-state index contributed by atoms with van der Waals surface area (Å²) in [6.45, 7) is 6.69. The normalized spacial score (nSPS) is 15.7. The molecule has 1 rings (SSSR count). The minimum Gasteiger partial charge on any atom is -0.392 e. The number of nitrogens with one attached hydrogen (secondary N) is 1. The molecule has 0 amide bonds. The van der Waals surface area contributed by atoms with Gasteiger partial charge in [-0.1, -0.05) is 0 Å². The van der Waals surface area contributed by atoms with Crippen LogP contribution in [0.4, 0.5) is 0 Å². The molecule has 0 aliphatic rings. The molecule has 2 atom stereocenters. The topological polar surface area (TPSA) is 32.3 Å². The summed E-state index contributed by atoms with van der Waals surface area (Å²) in [5.74, 6) is 0. The third kappa shape index (κ3) is 3.10. The van der Waals surface area contributed by atoms with Crippen LogP contribution in [-0.2, 0) is 0 Å². The van der Waals surface area contributed by atoms with Crippen molar-refractivity contribution >= 4 is 11.3 Å². The van der Waals surface area contributed by atoms with Crippen LogP contribution in [0.2, 0.25) is 0 Å². The van der Waals surface area contributed by atoms with Crippen molar-refractivity contribution in [1.29, 1.82) is 0 Å². The van der Waals surface area contributed by atoms with E-state index in [0.29, 0.717) is 12.6 Å². The Morgan fingerprint density at radius 1 is 1.54 bits per heavy atom. The van der Waals surface area contributed by atoms with Crippen LogP contribution in [0, 0.1) is 6.92 Å². The van der Waals surface area contributed by atoms with E-state index < -0.39 is 0 Å². The Balaban J connectivity index is 2.49. The summed E-state index contributed by atoms with van der Waals surface area (Å²) in [6, 6.07) is 2.47. The molecule has 0 saturated heterocycles. The molecule has 3 heteroatoms. The van der Waals surface area contributed by atoms with E-state index in [9.17, 15) is 0 Å². The molecular formula is C10H17NOS. The maximum Gasteiger partial charge on any atom is 0.0636 e. The SMILES string of the molecule is Cc1ccsc1[C@H](C)NC[C@@H](C)O. The van der Waals surface area contributed by atoms with Gasteiger partial charge in [0.05, 0.1) is 6.10 Å². The first-order valence-electron chi connectivity index (χ1n) is 4.56. The van der Waals surface area contributed by atoms with Gasteiger partial charge in [-0.15, -0.1) is 11.3 Å². The lowest BCUT2D eigenvalue weighted by Gasteiger charge is -2.14. The second kappa shape index (κ2) is 4.74.